The molecule has 0 saturated heterocycles. The highest BCUT2D eigenvalue weighted by Gasteiger charge is 2.35. The van der Waals surface area contributed by atoms with E-state index in [-0.39, 0.29) is 23.6 Å². The second kappa shape index (κ2) is 18.7. The van der Waals surface area contributed by atoms with Crippen LogP contribution in [0, 0.1) is 11.3 Å². The van der Waals surface area contributed by atoms with E-state index in [1.54, 1.807) is 43.3 Å². The average molecular weight is 800 g/mol. The number of anilines is 2. The van der Waals surface area contributed by atoms with Crippen molar-refractivity contribution < 1.29 is 23.9 Å². The second-order valence-electron chi connectivity index (χ2n) is 15.1. The van der Waals surface area contributed by atoms with Gasteiger partial charge in [-0.15, -0.1) is 23.1 Å². The summed E-state index contributed by atoms with van der Waals surface area (Å²) in [5.41, 5.74) is 5.46. The normalized spacial score (nSPS) is 14.5. The van der Waals surface area contributed by atoms with E-state index in [2.05, 4.69) is 36.7 Å². The van der Waals surface area contributed by atoms with Crippen molar-refractivity contribution in [3.05, 3.63) is 142 Å². The molecule has 0 spiro atoms. The molecule has 1 heterocycles. The standard InChI is InChI=1S/C47H49N3O5S2/c1-6-39(44(53)50-45-41(46(54)55-7-2)37-26-25-34(47(3,4)5)28-40(37)57-45)56-36-20-14-19-35(29-36)48-43(52)38(49-42(51)33-17-12-9-13-18-33)27-30-21-23-32(24-22-30)31-15-10-8-11-16-31/h8-24,27,29,34,39H,6-7,25-26,28H2,1-5H3,(H,48,52)(H,49,51)(H,50,53)/b38-27+. The van der Waals surface area contributed by atoms with Gasteiger partial charge >= 0.3 is 5.97 Å². The van der Waals surface area contributed by atoms with Crippen LogP contribution in [0.3, 0.4) is 0 Å². The van der Waals surface area contributed by atoms with Crippen molar-refractivity contribution >= 4 is 63.6 Å². The van der Waals surface area contributed by atoms with Crippen LogP contribution in [0.2, 0.25) is 0 Å². The molecule has 2 atom stereocenters. The van der Waals surface area contributed by atoms with E-state index in [0.29, 0.717) is 34.2 Å². The maximum absolute atomic E-state index is 13.9. The van der Waals surface area contributed by atoms with Crippen molar-refractivity contribution in [3.63, 3.8) is 0 Å². The van der Waals surface area contributed by atoms with Gasteiger partial charge in [0.1, 0.15) is 10.7 Å². The predicted molar refractivity (Wildman–Crippen MR) is 233 cm³/mol. The molecule has 1 aliphatic rings. The lowest BCUT2D eigenvalue weighted by Gasteiger charge is -2.33. The molecule has 1 aliphatic carbocycles. The fourth-order valence-corrected chi connectivity index (χ4v) is 9.20. The summed E-state index contributed by atoms with van der Waals surface area (Å²) in [6, 6.07) is 33.8. The quantitative estimate of drug-likeness (QED) is 0.0621. The number of ether oxygens (including phenoxy) is 1. The zero-order valence-electron chi connectivity index (χ0n) is 33.0. The van der Waals surface area contributed by atoms with E-state index in [1.165, 1.54) is 23.1 Å². The molecule has 0 radical (unpaired) electrons. The number of amides is 3. The fourth-order valence-electron chi connectivity index (χ4n) is 6.87. The van der Waals surface area contributed by atoms with Crippen LogP contribution in [0.25, 0.3) is 17.2 Å². The van der Waals surface area contributed by atoms with Crippen molar-refractivity contribution in [2.75, 3.05) is 17.2 Å². The van der Waals surface area contributed by atoms with Crippen molar-refractivity contribution in [1.82, 2.24) is 5.32 Å². The van der Waals surface area contributed by atoms with Crippen molar-refractivity contribution in [2.45, 2.75) is 70.4 Å². The Bertz CT molecular complexity index is 2240. The van der Waals surface area contributed by atoms with Gasteiger partial charge in [-0.1, -0.05) is 107 Å². The SMILES string of the molecule is CCOC(=O)c1c(NC(=O)C(CC)Sc2cccc(NC(=O)/C(=C\c3ccc(-c4ccccc4)cc3)NC(=O)c3ccccc3)c2)sc2c1CCC(C(C)(C)C)C2. The summed E-state index contributed by atoms with van der Waals surface area (Å²) in [6.45, 7) is 10.7. The smallest absolute Gasteiger partial charge is 0.341 e. The Morgan fingerprint density at radius 1 is 0.860 bits per heavy atom. The molecule has 10 heteroatoms. The molecule has 0 aliphatic heterocycles. The number of hydrogen-bond donors (Lipinski definition) is 3. The number of thioether (sulfide) groups is 1. The first-order chi connectivity index (χ1) is 27.4. The van der Waals surface area contributed by atoms with E-state index in [0.717, 1.165) is 51.3 Å². The molecule has 8 nitrogen and oxygen atoms in total. The summed E-state index contributed by atoms with van der Waals surface area (Å²) in [7, 11) is 0. The van der Waals surface area contributed by atoms with Crippen molar-refractivity contribution in [1.29, 1.82) is 0 Å². The lowest BCUT2D eigenvalue weighted by atomic mass is 9.72. The predicted octanol–water partition coefficient (Wildman–Crippen LogP) is 10.7. The highest BCUT2D eigenvalue weighted by Crippen LogP contribution is 2.45. The first-order valence-electron chi connectivity index (χ1n) is 19.4. The lowest BCUT2D eigenvalue weighted by Crippen LogP contribution is -2.30. The molecule has 0 saturated carbocycles. The monoisotopic (exact) mass is 799 g/mol. The molecule has 57 heavy (non-hydrogen) atoms. The van der Waals surface area contributed by atoms with Crippen molar-refractivity contribution in [3.8, 4) is 11.1 Å². The van der Waals surface area contributed by atoms with Gasteiger partial charge in [-0.25, -0.2) is 4.79 Å². The minimum absolute atomic E-state index is 0.0741. The van der Waals surface area contributed by atoms with Gasteiger partial charge in [-0.2, -0.15) is 0 Å². The van der Waals surface area contributed by atoms with E-state index in [1.807, 2.05) is 85.8 Å². The minimum Gasteiger partial charge on any atom is -0.462 e. The van der Waals surface area contributed by atoms with Crippen LogP contribution in [0.15, 0.2) is 120 Å². The van der Waals surface area contributed by atoms with Gasteiger partial charge in [-0.05, 0) is 103 Å². The zero-order chi connectivity index (χ0) is 40.5. The number of thiophene rings is 1. The van der Waals surface area contributed by atoms with Gasteiger partial charge in [0.2, 0.25) is 5.91 Å². The van der Waals surface area contributed by atoms with Crippen LogP contribution in [-0.2, 0) is 27.2 Å². The number of rotatable bonds is 13. The Labute approximate surface area is 343 Å². The number of benzene rings is 4. The first kappa shape index (κ1) is 41.2. The Morgan fingerprint density at radius 3 is 2.21 bits per heavy atom. The van der Waals surface area contributed by atoms with E-state index in [9.17, 15) is 19.2 Å². The molecule has 1 aromatic heterocycles. The molecule has 0 fully saturated rings. The van der Waals surface area contributed by atoms with Crippen LogP contribution in [0.4, 0.5) is 10.7 Å². The molecule has 5 aromatic rings. The van der Waals surface area contributed by atoms with Gasteiger partial charge in [0.05, 0.1) is 17.4 Å². The third-order valence-corrected chi connectivity index (χ3v) is 12.6. The number of esters is 1. The Hall–Kier alpha value is -5.45. The van der Waals surface area contributed by atoms with Gasteiger partial charge in [0.15, 0.2) is 0 Å². The third kappa shape index (κ3) is 10.5. The van der Waals surface area contributed by atoms with Gasteiger partial charge in [0, 0.05) is 21.0 Å². The molecular formula is C47H49N3O5S2. The van der Waals surface area contributed by atoms with E-state index in [4.69, 9.17) is 4.74 Å². The maximum Gasteiger partial charge on any atom is 0.341 e. The molecule has 3 N–H and O–H groups in total. The number of hydrogen-bond acceptors (Lipinski definition) is 7. The van der Waals surface area contributed by atoms with Crippen LogP contribution in [0.1, 0.15) is 84.2 Å². The van der Waals surface area contributed by atoms with E-state index < -0.39 is 23.0 Å². The highest BCUT2D eigenvalue weighted by molar-refractivity contribution is 8.00. The maximum atomic E-state index is 13.9. The minimum atomic E-state index is -0.500. The van der Waals surface area contributed by atoms with Crippen LogP contribution in [0.5, 0.6) is 0 Å². The summed E-state index contributed by atoms with van der Waals surface area (Å²) in [5.74, 6) is -1.04. The largest absolute Gasteiger partial charge is 0.462 e. The summed E-state index contributed by atoms with van der Waals surface area (Å²) in [4.78, 5) is 56.1. The summed E-state index contributed by atoms with van der Waals surface area (Å²) >= 11 is 2.87. The Kier molecular flexibility index (Phi) is 13.5. The van der Waals surface area contributed by atoms with Crippen molar-refractivity contribution in [2.24, 2.45) is 11.3 Å². The third-order valence-electron chi connectivity index (χ3n) is 10.1. The van der Waals surface area contributed by atoms with Crippen LogP contribution < -0.4 is 16.0 Å². The van der Waals surface area contributed by atoms with Crippen LogP contribution in [-0.4, -0.2) is 35.5 Å². The Balaban J connectivity index is 1.19. The number of fused-ring (bicyclic) bond motifs is 1. The summed E-state index contributed by atoms with van der Waals surface area (Å²) in [5, 5.41) is 8.92. The lowest BCUT2D eigenvalue weighted by molar-refractivity contribution is -0.116. The summed E-state index contributed by atoms with van der Waals surface area (Å²) < 4.78 is 5.46. The molecular weight excluding hydrogens is 751 g/mol. The molecule has 294 valence electrons. The highest BCUT2D eigenvalue weighted by atomic mass is 32.2. The summed E-state index contributed by atoms with van der Waals surface area (Å²) in [6.07, 6.45) is 4.79. The Morgan fingerprint density at radius 2 is 1.54 bits per heavy atom. The molecule has 3 amide bonds. The van der Waals surface area contributed by atoms with Crippen LogP contribution >= 0.6 is 23.1 Å². The van der Waals surface area contributed by atoms with Gasteiger partial charge in [-0.3, -0.25) is 14.4 Å². The molecule has 0 bridgehead atoms. The zero-order valence-corrected chi connectivity index (χ0v) is 34.7. The second-order valence-corrected chi connectivity index (χ2v) is 17.5. The first-order valence-corrected chi connectivity index (χ1v) is 21.1. The average Bonchev–Trinajstić information content (AvgIpc) is 3.57. The molecule has 4 aromatic carbocycles. The van der Waals surface area contributed by atoms with E-state index >= 15 is 0 Å². The molecule has 6 rings (SSSR count). The van der Waals surface area contributed by atoms with Gasteiger partial charge < -0.3 is 20.7 Å². The van der Waals surface area contributed by atoms with Gasteiger partial charge in [0.25, 0.3) is 11.8 Å². The number of carbonyl (C=O) groups excluding carboxylic acids is 4. The topological polar surface area (TPSA) is 114 Å². The number of carbonyl (C=O) groups is 4. The fraction of sp³-hybridized carbons (Fsp3) is 0.277. The molecule has 2 unspecified atom stereocenters. The number of nitrogens with one attached hydrogen (secondary N) is 3.